The van der Waals surface area contributed by atoms with E-state index in [0.29, 0.717) is 6.54 Å². The Labute approximate surface area is 127 Å². The molecule has 4 heteroatoms. The number of hydrogen-bond donors (Lipinski definition) is 2. The standard InChI is InChI=1S/C17H27FN2O/c1-3-13-7-9-17(21,10-8-13)12-20-15(4-2)16-6-5-14(18)11-19-16/h5-6,11,13,15,20-21H,3-4,7-10,12H2,1-2H3. The van der Waals surface area contributed by atoms with Gasteiger partial charge in [-0.15, -0.1) is 0 Å². The fourth-order valence-electron chi connectivity index (χ4n) is 3.16. The van der Waals surface area contributed by atoms with Crippen molar-refractivity contribution in [2.24, 2.45) is 5.92 Å². The quantitative estimate of drug-likeness (QED) is 0.842. The van der Waals surface area contributed by atoms with Crippen molar-refractivity contribution in [2.75, 3.05) is 6.54 Å². The molecule has 1 aromatic rings. The molecule has 0 aromatic carbocycles. The van der Waals surface area contributed by atoms with Gasteiger partial charge in [-0.1, -0.05) is 20.3 Å². The van der Waals surface area contributed by atoms with Crippen molar-refractivity contribution in [3.63, 3.8) is 0 Å². The molecular weight excluding hydrogens is 267 g/mol. The Morgan fingerprint density at radius 1 is 1.38 bits per heavy atom. The van der Waals surface area contributed by atoms with Crippen LogP contribution in [0.4, 0.5) is 4.39 Å². The second kappa shape index (κ2) is 7.32. The van der Waals surface area contributed by atoms with Crippen molar-refractivity contribution >= 4 is 0 Å². The first-order valence-corrected chi connectivity index (χ1v) is 8.13. The van der Waals surface area contributed by atoms with Gasteiger partial charge in [0.25, 0.3) is 0 Å². The van der Waals surface area contributed by atoms with Crippen LogP contribution in [0, 0.1) is 11.7 Å². The van der Waals surface area contributed by atoms with Crippen LogP contribution in [-0.2, 0) is 0 Å². The molecular formula is C17H27FN2O. The molecule has 0 radical (unpaired) electrons. The second-order valence-electron chi connectivity index (χ2n) is 6.32. The highest BCUT2D eigenvalue weighted by atomic mass is 19.1. The first kappa shape index (κ1) is 16.4. The summed E-state index contributed by atoms with van der Waals surface area (Å²) < 4.78 is 12.9. The molecule has 2 rings (SSSR count). The number of rotatable bonds is 6. The lowest BCUT2D eigenvalue weighted by Gasteiger charge is -2.37. The van der Waals surface area contributed by atoms with Gasteiger partial charge in [0.2, 0.25) is 0 Å². The topological polar surface area (TPSA) is 45.1 Å². The minimum absolute atomic E-state index is 0.0681. The summed E-state index contributed by atoms with van der Waals surface area (Å²) in [5.74, 6) is 0.455. The summed E-state index contributed by atoms with van der Waals surface area (Å²) >= 11 is 0. The zero-order chi connectivity index (χ0) is 15.3. The van der Waals surface area contributed by atoms with Crippen molar-refractivity contribution in [3.05, 3.63) is 29.8 Å². The maximum atomic E-state index is 12.9. The number of aliphatic hydroxyl groups is 1. The number of aromatic nitrogens is 1. The zero-order valence-electron chi connectivity index (χ0n) is 13.1. The lowest BCUT2D eigenvalue weighted by atomic mass is 9.77. The Balaban J connectivity index is 1.89. The Hall–Kier alpha value is -1.00. The molecule has 3 nitrogen and oxygen atoms in total. The average molecular weight is 294 g/mol. The van der Waals surface area contributed by atoms with Crippen LogP contribution < -0.4 is 5.32 Å². The molecule has 1 unspecified atom stereocenters. The van der Waals surface area contributed by atoms with Crippen molar-refractivity contribution < 1.29 is 9.50 Å². The zero-order valence-corrected chi connectivity index (χ0v) is 13.1. The van der Waals surface area contributed by atoms with E-state index in [1.807, 2.05) is 0 Å². The molecule has 1 saturated carbocycles. The van der Waals surface area contributed by atoms with Gasteiger partial charge in [-0.2, -0.15) is 0 Å². The molecule has 1 atom stereocenters. The van der Waals surface area contributed by atoms with Crippen LogP contribution in [0.1, 0.15) is 64.1 Å². The van der Waals surface area contributed by atoms with Crippen LogP contribution in [0.3, 0.4) is 0 Å². The minimum Gasteiger partial charge on any atom is -0.389 e. The van der Waals surface area contributed by atoms with Crippen LogP contribution in [-0.4, -0.2) is 22.2 Å². The Kier molecular flexibility index (Phi) is 5.71. The van der Waals surface area contributed by atoms with Crippen LogP contribution in [0.25, 0.3) is 0 Å². The first-order valence-electron chi connectivity index (χ1n) is 8.13. The lowest BCUT2D eigenvalue weighted by Crippen LogP contribution is -2.44. The highest BCUT2D eigenvalue weighted by Gasteiger charge is 2.32. The average Bonchev–Trinajstić information content (AvgIpc) is 2.50. The SMILES string of the molecule is CCC1CCC(O)(CNC(CC)c2ccc(F)cn2)CC1. The van der Waals surface area contributed by atoms with Gasteiger partial charge in [0.05, 0.1) is 17.5 Å². The van der Waals surface area contributed by atoms with Crippen LogP contribution in [0.15, 0.2) is 18.3 Å². The van der Waals surface area contributed by atoms with Crippen molar-refractivity contribution in [1.82, 2.24) is 10.3 Å². The van der Waals surface area contributed by atoms with Gasteiger partial charge in [0.1, 0.15) is 5.82 Å². The van der Waals surface area contributed by atoms with E-state index >= 15 is 0 Å². The molecule has 0 aliphatic heterocycles. The maximum Gasteiger partial charge on any atom is 0.141 e. The smallest absolute Gasteiger partial charge is 0.141 e. The number of halogens is 1. The fourth-order valence-corrected chi connectivity index (χ4v) is 3.16. The summed E-state index contributed by atoms with van der Waals surface area (Å²) in [6.07, 6.45) is 7.28. The van der Waals surface area contributed by atoms with E-state index in [1.54, 1.807) is 6.07 Å². The van der Waals surface area contributed by atoms with Gasteiger partial charge >= 0.3 is 0 Å². The van der Waals surface area contributed by atoms with Gasteiger partial charge < -0.3 is 10.4 Å². The summed E-state index contributed by atoms with van der Waals surface area (Å²) in [4.78, 5) is 4.14. The van der Waals surface area contributed by atoms with Gasteiger partial charge in [0, 0.05) is 12.6 Å². The Morgan fingerprint density at radius 3 is 2.62 bits per heavy atom. The lowest BCUT2D eigenvalue weighted by molar-refractivity contribution is -0.0109. The number of hydrogen-bond acceptors (Lipinski definition) is 3. The highest BCUT2D eigenvalue weighted by molar-refractivity contribution is 5.10. The predicted octanol–water partition coefficient (Wildman–Crippen LogP) is 3.59. The molecule has 1 fully saturated rings. The molecule has 118 valence electrons. The van der Waals surface area contributed by atoms with Crippen LogP contribution in [0.5, 0.6) is 0 Å². The van der Waals surface area contributed by atoms with Gasteiger partial charge in [-0.05, 0) is 50.2 Å². The normalized spacial score (nSPS) is 27.5. The van der Waals surface area contributed by atoms with Crippen molar-refractivity contribution in [2.45, 2.75) is 64.0 Å². The second-order valence-corrected chi connectivity index (χ2v) is 6.32. The van der Waals surface area contributed by atoms with E-state index in [9.17, 15) is 9.50 Å². The minimum atomic E-state index is -0.598. The highest BCUT2D eigenvalue weighted by Crippen LogP contribution is 2.33. The largest absolute Gasteiger partial charge is 0.389 e. The number of nitrogens with zero attached hydrogens (tertiary/aromatic N) is 1. The van der Waals surface area contributed by atoms with E-state index in [0.717, 1.165) is 43.7 Å². The molecule has 0 bridgehead atoms. The summed E-state index contributed by atoms with van der Waals surface area (Å²) in [5.41, 5.74) is 0.240. The fraction of sp³-hybridized carbons (Fsp3) is 0.706. The Bertz CT molecular complexity index is 427. The third-order valence-electron chi connectivity index (χ3n) is 4.81. The third kappa shape index (κ3) is 4.48. The van der Waals surface area contributed by atoms with Crippen LogP contribution >= 0.6 is 0 Å². The van der Waals surface area contributed by atoms with E-state index in [2.05, 4.69) is 24.1 Å². The third-order valence-corrected chi connectivity index (χ3v) is 4.81. The molecule has 1 heterocycles. The van der Waals surface area contributed by atoms with E-state index in [4.69, 9.17) is 0 Å². The summed E-state index contributed by atoms with van der Waals surface area (Å²) in [5, 5.41) is 14.1. The summed E-state index contributed by atoms with van der Waals surface area (Å²) in [6.45, 7) is 4.88. The van der Waals surface area contributed by atoms with E-state index in [-0.39, 0.29) is 11.9 Å². The molecule has 0 saturated heterocycles. The van der Waals surface area contributed by atoms with Gasteiger partial charge in [0.15, 0.2) is 0 Å². The molecule has 1 aliphatic carbocycles. The van der Waals surface area contributed by atoms with Crippen LogP contribution in [0.2, 0.25) is 0 Å². The summed E-state index contributed by atoms with van der Waals surface area (Å²) in [7, 11) is 0. The first-order chi connectivity index (χ1) is 10.1. The number of nitrogens with one attached hydrogen (secondary N) is 1. The van der Waals surface area contributed by atoms with Crippen molar-refractivity contribution in [3.8, 4) is 0 Å². The van der Waals surface area contributed by atoms with Gasteiger partial charge in [-0.25, -0.2) is 4.39 Å². The van der Waals surface area contributed by atoms with Crippen molar-refractivity contribution in [1.29, 1.82) is 0 Å². The molecule has 21 heavy (non-hydrogen) atoms. The van der Waals surface area contributed by atoms with E-state index < -0.39 is 5.60 Å². The van der Waals surface area contributed by atoms with Gasteiger partial charge in [-0.3, -0.25) is 4.98 Å². The maximum absolute atomic E-state index is 12.9. The monoisotopic (exact) mass is 294 g/mol. The van der Waals surface area contributed by atoms with E-state index in [1.165, 1.54) is 18.7 Å². The molecule has 1 aromatic heterocycles. The Morgan fingerprint density at radius 2 is 2.10 bits per heavy atom. The summed E-state index contributed by atoms with van der Waals surface area (Å²) in [6, 6.07) is 3.22. The molecule has 0 amide bonds. The number of pyridine rings is 1. The predicted molar refractivity (Wildman–Crippen MR) is 82.4 cm³/mol. The molecule has 1 aliphatic rings. The molecule has 0 spiro atoms. The molecule has 2 N–H and O–H groups in total.